The molecule has 6 nitrogen and oxygen atoms in total. The van der Waals surface area contributed by atoms with Gasteiger partial charge in [-0.15, -0.1) is 0 Å². The second-order valence-electron chi connectivity index (χ2n) is 10.5. The molecule has 5 rings (SSSR count). The van der Waals surface area contributed by atoms with Crippen LogP contribution in [0.1, 0.15) is 50.2 Å². The molecule has 0 saturated heterocycles. The molecule has 0 bridgehead atoms. The molecule has 0 N–H and O–H groups in total. The third-order valence-corrected chi connectivity index (χ3v) is 7.69. The van der Waals surface area contributed by atoms with E-state index in [1.807, 2.05) is 54.6 Å². The first-order chi connectivity index (χ1) is 21.1. The van der Waals surface area contributed by atoms with E-state index in [2.05, 4.69) is 48.6 Å². The van der Waals surface area contributed by atoms with Crippen molar-refractivity contribution in [1.29, 1.82) is 0 Å². The fraction of sp³-hybridized carbons (Fsp3) is 0.243. The van der Waals surface area contributed by atoms with Gasteiger partial charge in [-0.3, -0.25) is 14.5 Å². The molecule has 1 heterocycles. The Balaban J connectivity index is 1.29. The summed E-state index contributed by atoms with van der Waals surface area (Å²) in [7, 11) is 1.58. The molecule has 0 fully saturated rings. The second-order valence-corrected chi connectivity index (χ2v) is 10.5. The second kappa shape index (κ2) is 14.7. The number of rotatable bonds is 15. The number of imide groups is 1. The van der Waals surface area contributed by atoms with Crippen LogP contribution in [0.4, 0.5) is 0 Å². The molecular formula is C37H37NO5. The summed E-state index contributed by atoms with van der Waals surface area (Å²) in [6.07, 6.45) is 5.43. The normalized spacial score (nSPS) is 13.9. The van der Waals surface area contributed by atoms with Crippen molar-refractivity contribution in [2.24, 2.45) is 5.92 Å². The first kappa shape index (κ1) is 30.1. The summed E-state index contributed by atoms with van der Waals surface area (Å²) in [5, 5.41) is 0. The Morgan fingerprint density at radius 2 is 1.21 bits per heavy atom. The fourth-order valence-electron chi connectivity index (χ4n) is 5.59. The highest BCUT2D eigenvalue weighted by atomic mass is 16.7. The van der Waals surface area contributed by atoms with E-state index in [4.69, 9.17) is 14.2 Å². The maximum atomic E-state index is 12.8. The van der Waals surface area contributed by atoms with Crippen molar-refractivity contribution in [1.82, 2.24) is 4.90 Å². The van der Waals surface area contributed by atoms with Crippen LogP contribution < -0.4 is 0 Å². The molecule has 1 atom stereocenters. The van der Waals surface area contributed by atoms with Gasteiger partial charge >= 0.3 is 0 Å². The van der Waals surface area contributed by atoms with Gasteiger partial charge in [0.2, 0.25) is 0 Å². The van der Waals surface area contributed by atoms with Gasteiger partial charge in [0.1, 0.15) is 12.4 Å². The summed E-state index contributed by atoms with van der Waals surface area (Å²) in [5.41, 5.74) is 3.33. The van der Waals surface area contributed by atoms with E-state index in [1.165, 1.54) is 4.90 Å². The first-order valence-electron chi connectivity index (χ1n) is 14.6. The number of ether oxygens (including phenoxy) is 3. The van der Waals surface area contributed by atoms with Crippen molar-refractivity contribution in [3.63, 3.8) is 0 Å². The lowest BCUT2D eigenvalue weighted by Gasteiger charge is -2.36. The lowest BCUT2D eigenvalue weighted by Crippen LogP contribution is -2.33. The number of carbonyl (C=O) groups is 2. The predicted molar refractivity (Wildman–Crippen MR) is 167 cm³/mol. The number of methoxy groups -OCH3 is 1. The molecule has 1 aliphatic rings. The Morgan fingerprint density at radius 1 is 0.721 bits per heavy atom. The van der Waals surface area contributed by atoms with Gasteiger partial charge in [-0.05, 0) is 41.7 Å². The van der Waals surface area contributed by atoms with Crippen LogP contribution in [0, 0.1) is 5.92 Å². The minimum atomic E-state index is -0.774. The Labute approximate surface area is 253 Å². The zero-order valence-electron chi connectivity index (χ0n) is 24.4. The molecule has 0 aliphatic carbocycles. The molecule has 43 heavy (non-hydrogen) atoms. The van der Waals surface area contributed by atoms with Gasteiger partial charge in [-0.2, -0.15) is 0 Å². The van der Waals surface area contributed by atoms with Gasteiger partial charge in [0, 0.05) is 19.6 Å². The fourth-order valence-corrected chi connectivity index (χ4v) is 5.59. The summed E-state index contributed by atoms with van der Waals surface area (Å²) in [5.74, 6) is -0.496. The summed E-state index contributed by atoms with van der Waals surface area (Å²) in [6, 6.07) is 37.9. The predicted octanol–water partition coefficient (Wildman–Crippen LogP) is 6.86. The molecule has 6 heteroatoms. The van der Waals surface area contributed by atoms with Gasteiger partial charge in [0.25, 0.3) is 11.8 Å². The number of fused-ring (bicyclic) bond motifs is 1. The highest BCUT2D eigenvalue weighted by Gasteiger charge is 2.37. The van der Waals surface area contributed by atoms with E-state index in [-0.39, 0.29) is 24.5 Å². The van der Waals surface area contributed by atoms with E-state index in [0.29, 0.717) is 43.7 Å². The average molecular weight is 576 g/mol. The molecule has 0 spiro atoms. The average Bonchev–Trinajstić information content (AvgIpc) is 3.31. The maximum absolute atomic E-state index is 12.8. The number of carbonyl (C=O) groups excluding carboxylic acids is 2. The zero-order valence-corrected chi connectivity index (χ0v) is 24.4. The molecule has 1 aliphatic heterocycles. The van der Waals surface area contributed by atoms with Crippen molar-refractivity contribution in [3.05, 3.63) is 155 Å². The molecular weight excluding hydrogens is 538 g/mol. The summed E-state index contributed by atoms with van der Waals surface area (Å²) < 4.78 is 17.6. The van der Waals surface area contributed by atoms with Crippen molar-refractivity contribution < 1.29 is 23.8 Å². The van der Waals surface area contributed by atoms with Crippen LogP contribution in [0.25, 0.3) is 0 Å². The smallest absolute Gasteiger partial charge is 0.261 e. The van der Waals surface area contributed by atoms with Crippen molar-refractivity contribution in [3.8, 4) is 0 Å². The van der Waals surface area contributed by atoms with E-state index < -0.39 is 5.60 Å². The minimum absolute atomic E-state index is 0.0124. The first-order valence-corrected chi connectivity index (χ1v) is 14.6. The van der Waals surface area contributed by atoms with Gasteiger partial charge < -0.3 is 14.2 Å². The van der Waals surface area contributed by atoms with E-state index in [1.54, 1.807) is 31.4 Å². The molecule has 0 saturated carbocycles. The Morgan fingerprint density at radius 3 is 1.70 bits per heavy atom. The lowest BCUT2D eigenvalue weighted by atomic mass is 9.80. The summed E-state index contributed by atoms with van der Waals surface area (Å²) in [6.45, 7) is 1.37. The van der Waals surface area contributed by atoms with Crippen LogP contribution >= 0.6 is 0 Å². The number of nitrogens with zero attached hydrogens (tertiary/aromatic N) is 1. The van der Waals surface area contributed by atoms with Crippen molar-refractivity contribution in [2.45, 2.75) is 18.4 Å². The third-order valence-electron chi connectivity index (χ3n) is 7.69. The summed E-state index contributed by atoms with van der Waals surface area (Å²) >= 11 is 0. The molecule has 2 amide bonds. The van der Waals surface area contributed by atoms with Crippen LogP contribution in [-0.2, 0) is 19.8 Å². The number of hydrogen-bond acceptors (Lipinski definition) is 5. The summed E-state index contributed by atoms with van der Waals surface area (Å²) in [4.78, 5) is 27.0. The van der Waals surface area contributed by atoms with Gasteiger partial charge in [0.05, 0.1) is 24.3 Å². The van der Waals surface area contributed by atoms with Crippen LogP contribution in [-0.4, -0.2) is 50.4 Å². The van der Waals surface area contributed by atoms with Crippen LogP contribution in [0.5, 0.6) is 0 Å². The Kier molecular flexibility index (Phi) is 10.3. The molecule has 4 aromatic carbocycles. The zero-order chi connectivity index (χ0) is 29.9. The topological polar surface area (TPSA) is 65.1 Å². The van der Waals surface area contributed by atoms with Crippen LogP contribution in [0.15, 0.2) is 127 Å². The molecule has 0 radical (unpaired) electrons. The number of benzene rings is 4. The number of hydrogen-bond donors (Lipinski definition) is 0. The van der Waals surface area contributed by atoms with Gasteiger partial charge in [-0.25, -0.2) is 0 Å². The molecule has 0 aromatic heterocycles. The molecule has 220 valence electrons. The quantitative estimate of drug-likeness (QED) is 0.0509. The SMILES string of the molecule is COCOC[C@H](/C=C/CCOC(c1ccccc1)(c1ccccc1)c1ccccc1)CCN1C(=O)c2ccccc2C1=O. The van der Waals surface area contributed by atoms with Crippen LogP contribution in [0.2, 0.25) is 0 Å². The van der Waals surface area contributed by atoms with Gasteiger partial charge in [-0.1, -0.05) is 115 Å². The third kappa shape index (κ3) is 6.83. The Hall–Kier alpha value is -4.36. The Bertz CT molecular complexity index is 1370. The van der Waals surface area contributed by atoms with E-state index >= 15 is 0 Å². The van der Waals surface area contributed by atoms with E-state index in [9.17, 15) is 9.59 Å². The number of amides is 2. The lowest BCUT2D eigenvalue weighted by molar-refractivity contribution is -0.0397. The van der Waals surface area contributed by atoms with Crippen molar-refractivity contribution in [2.75, 3.05) is 33.7 Å². The highest BCUT2D eigenvalue weighted by Crippen LogP contribution is 2.40. The maximum Gasteiger partial charge on any atom is 0.261 e. The van der Waals surface area contributed by atoms with Crippen molar-refractivity contribution >= 4 is 11.8 Å². The van der Waals surface area contributed by atoms with Crippen LogP contribution in [0.3, 0.4) is 0 Å². The molecule has 0 unspecified atom stereocenters. The van der Waals surface area contributed by atoms with Gasteiger partial charge in [0.15, 0.2) is 0 Å². The monoisotopic (exact) mass is 575 g/mol. The van der Waals surface area contributed by atoms with E-state index in [0.717, 1.165) is 16.7 Å². The highest BCUT2D eigenvalue weighted by molar-refractivity contribution is 6.21. The standard InChI is InChI=1S/C37H37NO5/c1-41-28-42-27-29(24-25-38-35(39)33-22-11-12-23-34(33)36(38)40)15-13-14-26-43-37(30-16-5-2-6-17-30,31-18-7-3-8-19-31)32-20-9-4-10-21-32/h2-13,15-23,29H,14,24-28H2,1H3/b15-13+/t29-/m1/s1. The minimum Gasteiger partial charge on any atom is -0.361 e. The largest absolute Gasteiger partial charge is 0.361 e. The molecule has 4 aromatic rings.